The first kappa shape index (κ1) is 23.3. The number of hydrogen-bond acceptors (Lipinski definition) is 3. The molecule has 2 N–H and O–H groups in total. The van der Waals surface area contributed by atoms with E-state index in [0.717, 1.165) is 0 Å². The van der Waals surface area contributed by atoms with Crippen LogP contribution in [0.2, 0.25) is 0 Å². The van der Waals surface area contributed by atoms with E-state index in [-0.39, 0.29) is 83.8 Å². The first-order chi connectivity index (χ1) is 1.73. The molecule has 0 amide bonds. The molecule has 7 heavy (non-hydrogen) atoms. The molecule has 0 unspecified atom stereocenters. The SMILES string of the molecule is O.O=C([O-])[O-].[Ca+2].[Ca+2].[H-].[H-]. The Balaban J connectivity index is -0.00000000450. The predicted octanol–water partition coefficient (Wildman–Crippen LogP) is -3.81. The van der Waals surface area contributed by atoms with Gasteiger partial charge in [0.05, 0.1) is 0 Å². The van der Waals surface area contributed by atoms with Crippen LogP contribution >= 0.6 is 0 Å². The maximum Gasteiger partial charge on any atom is 2.00 e. The van der Waals surface area contributed by atoms with Gasteiger partial charge >= 0.3 is 75.5 Å². The van der Waals surface area contributed by atoms with Gasteiger partial charge in [0.25, 0.3) is 0 Å². The van der Waals surface area contributed by atoms with Gasteiger partial charge in [-0.2, -0.15) is 0 Å². The Morgan fingerprint density at radius 1 is 1.29 bits per heavy atom. The monoisotopic (exact) mass is 160 g/mol. The summed E-state index contributed by atoms with van der Waals surface area (Å²) in [6, 6.07) is 0. The molecule has 0 rings (SSSR count). The van der Waals surface area contributed by atoms with Crippen LogP contribution in [0.3, 0.4) is 0 Å². The zero-order chi connectivity index (χ0) is 3.58. The van der Waals surface area contributed by atoms with E-state index in [9.17, 15) is 0 Å². The average molecular weight is 160 g/mol. The van der Waals surface area contributed by atoms with Gasteiger partial charge in [-0.25, -0.2) is 0 Å². The van der Waals surface area contributed by atoms with Crippen LogP contribution < -0.4 is 10.2 Å². The predicted molar refractivity (Wildman–Crippen MR) is 22.7 cm³/mol. The zero-order valence-corrected chi connectivity index (χ0v) is 8.06. The van der Waals surface area contributed by atoms with E-state index in [4.69, 9.17) is 15.0 Å². The zero-order valence-electron chi connectivity index (χ0n) is 5.64. The molecule has 0 aliphatic heterocycles. The summed E-state index contributed by atoms with van der Waals surface area (Å²) in [5, 5.41) is 16.7. The third-order valence-electron chi connectivity index (χ3n) is 0. The maximum absolute atomic E-state index is 8.33. The van der Waals surface area contributed by atoms with Crippen molar-refractivity contribution in [2.75, 3.05) is 0 Å². The van der Waals surface area contributed by atoms with Crippen LogP contribution in [0.1, 0.15) is 2.85 Å². The molecule has 0 heterocycles. The minimum Gasteiger partial charge on any atom is -1.00 e. The van der Waals surface area contributed by atoms with Crippen molar-refractivity contribution in [3.63, 3.8) is 0 Å². The summed E-state index contributed by atoms with van der Waals surface area (Å²) >= 11 is 0. The summed E-state index contributed by atoms with van der Waals surface area (Å²) < 4.78 is 0. The Kier molecular flexibility index (Phi) is 52.1. The van der Waals surface area contributed by atoms with Gasteiger partial charge in [0, 0.05) is 0 Å². The fourth-order valence-corrected chi connectivity index (χ4v) is 0. The number of carbonyl (C=O) groups is 1. The van der Waals surface area contributed by atoms with E-state index in [1.54, 1.807) is 0 Å². The van der Waals surface area contributed by atoms with Crippen LogP contribution in [0.25, 0.3) is 0 Å². The number of rotatable bonds is 0. The Hall–Kier alpha value is 1.75. The summed E-state index contributed by atoms with van der Waals surface area (Å²) in [4.78, 5) is 8.33. The summed E-state index contributed by atoms with van der Waals surface area (Å²) in [5.74, 6) is 0. The van der Waals surface area contributed by atoms with Crippen molar-refractivity contribution in [3.8, 4) is 0 Å². The van der Waals surface area contributed by atoms with Gasteiger partial charge in [0.1, 0.15) is 0 Å². The molecule has 0 aromatic rings. The minimum atomic E-state index is -2.33. The molecule has 6 heteroatoms. The first-order valence-corrected chi connectivity index (χ1v) is 0.612. The normalized spacial score (nSPS) is 3.43. The molecule has 36 valence electrons. The summed E-state index contributed by atoms with van der Waals surface area (Å²) in [6.45, 7) is 0. The van der Waals surface area contributed by atoms with E-state index in [1.807, 2.05) is 0 Å². The smallest absolute Gasteiger partial charge is 1.00 e. The van der Waals surface area contributed by atoms with Crippen molar-refractivity contribution < 1.29 is 23.3 Å². The molecule has 0 atom stereocenters. The van der Waals surface area contributed by atoms with E-state index < -0.39 is 6.16 Å². The standard InChI is InChI=1S/CH2O3.2Ca.H2O.2H/c2-1(3)4;;;;;/h(H2,2,3,4);;;1H2;;/q;2*+2;;2*-1/p-2. The van der Waals surface area contributed by atoms with Crippen molar-refractivity contribution in [2.45, 2.75) is 0 Å². The Labute approximate surface area is 103 Å². The fourth-order valence-electron chi connectivity index (χ4n) is 0. The van der Waals surface area contributed by atoms with Crippen molar-refractivity contribution in [2.24, 2.45) is 0 Å². The third-order valence-corrected chi connectivity index (χ3v) is 0. The summed E-state index contributed by atoms with van der Waals surface area (Å²) in [5.41, 5.74) is 0. The van der Waals surface area contributed by atoms with Crippen molar-refractivity contribution in [1.29, 1.82) is 0 Å². The first-order valence-electron chi connectivity index (χ1n) is 0.612. The fraction of sp³-hybridized carbons (Fsp3) is 0. The minimum absolute atomic E-state index is 0. The average Bonchev–Trinajstić information content (AvgIpc) is 0.811. The van der Waals surface area contributed by atoms with Gasteiger partial charge in [-0.15, -0.1) is 0 Å². The Bertz CT molecular complexity index is 39.5. The van der Waals surface area contributed by atoms with Gasteiger partial charge in [0.2, 0.25) is 0 Å². The topological polar surface area (TPSA) is 94.7 Å². The Morgan fingerprint density at radius 3 is 1.29 bits per heavy atom. The Morgan fingerprint density at radius 2 is 1.29 bits per heavy atom. The van der Waals surface area contributed by atoms with Crippen LogP contribution in [0.4, 0.5) is 4.79 Å². The molecule has 0 aromatic carbocycles. The molecule has 0 aliphatic rings. The number of carboxylic acid groups (broad SMARTS) is 2. The molecular weight excluding hydrogens is 156 g/mol. The van der Waals surface area contributed by atoms with Gasteiger partial charge in [0.15, 0.2) is 0 Å². The molecule has 0 fully saturated rings. The summed E-state index contributed by atoms with van der Waals surface area (Å²) in [6.07, 6.45) is -2.33. The maximum atomic E-state index is 8.33. The van der Waals surface area contributed by atoms with E-state index in [0.29, 0.717) is 0 Å². The number of hydrogen-bond donors (Lipinski definition) is 0. The second-order valence-corrected chi connectivity index (χ2v) is 0.250. The molecular formula is CH4Ca2O4. The van der Waals surface area contributed by atoms with Gasteiger partial charge in [-0.05, 0) is 6.16 Å². The van der Waals surface area contributed by atoms with Gasteiger partial charge in [-0.3, -0.25) is 0 Å². The molecule has 0 aromatic heterocycles. The molecule has 0 radical (unpaired) electrons. The van der Waals surface area contributed by atoms with Crippen molar-refractivity contribution in [1.82, 2.24) is 0 Å². The van der Waals surface area contributed by atoms with E-state index in [1.165, 1.54) is 0 Å². The van der Waals surface area contributed by atoms with E-state index >= 15 is 0 Å². The molecule has 0 saturated heterocycles. The van der Waals surface area contributed by atoms with Gasteiger partial charge < -0.3 is 23.3 Å². The van der Waals surface area contributed by atoms with Crippen LogP contribution in [0, 0.1) is 0 Å². The molecule has 0 saturated carbocycles. The van der Waals surface area contributed by atoms with Crippen LogP contribution in [0.15, 0.2) is 0 Å². The largest absolute Gasteiger partial charge is 2.00 e. The second-order valence-electron chi connectivity index (χ2n) is 0.250. The molecule has 0 bridgehead atoms. The quantitative estimate of drug-likeness (QED) is 0.340. The van der Waals surface area contributed by atoms with Crippen LogP contribution in [0.5, 0.6) is 0 Å². The third kappa shape index (κ3) is 83.7. The molecule has 0 spiro atoms. The van der Waals surface area contributed by atoms with Crippen molar-refractivity contribution >= 4 is 81.6 Å². The van der Waals surface area contributed by atoms with Crippen LogP contribution in [-0.4, -0.2) is 87.1 Å². The molecule has 4 nitrogen and oxygen atoms in total. The van der Waals surface area contributed by atoms with Crippen molar-refractivity contribution in [3.05, 3.63) is 0 Å². The van der Waals surface area contributed by atoms with E-state index in [2.05, 4.69) is 0 Å². The second kappa shape index (κ2) is 15.7. The summed E-state index contributed by atoms with van der Waals surface area (Å²) in [7, 11) is 0. The number of carbonyl (C=O) groups excluding carboxylic acids is 1. The van der Waals surface area contributed by atoms with Gasteiger partial charge in [-0.1, -0.05) is 0 Å². The van der Waals surface area contributed by atoms with Crippen LogP contribution in [-0.2, 0) is 0 Å². The molecule has 0 aliphatic carbocycles.